The highest BCUT2D eigenvalue weighted by Crippen LogP contribution is 2.07. The maximum absolute atomic E-state index is 12.3. The van der Waals surface area contributed by atoms with Crippen molar-refractivity contribution in [2.45, 2.75) is 6.42 Å². The normalized spacial score (nSPS) is 11.8. The molecule has 86 valence electrons. The summed E-state index contributed by atoms with van der Waals surface area (Å²) in [6.45, 7) is 3.26. The maximum atomic E-state index is 12.3. The number of esters is 1. The second-order valence-corrected chi connectivity index (χ2v) is 3.44. The molecule has 0 saturated heterocycles. The lowest BCUT2D eigenvalue weighted by molar-refractivity contribution is 0.0485. The first-order valence-electron chi connectivity index (χ1n) is 5.18. The minimum Gasteiger partial charge on any atom is -0.462 e. The maximum Gasteiger partial charge on any atom is 0.338 e. The molecule has 16 heavy (non-hydrogen) atoms. The summed E-state index contributed by atoms with van der Waals surface area (Å²) in [6, 6.07) is 8.73. The van der Waals surface area contributed by atoms with Gasteiger partial charge in [-0.2, -0.15) is 0 Å². The van der Waals surface area contributed by atoms with E-state index in [2.05, 4.69) is 6.58 Å². The van der Waals surface area contributed by atoms with E-state index >= 15 is 0 Å². The van der Waals surface area contributed by atoms with Crippen LogP contribution >= 0.6 is 0 Å². The van der Waals surface area contributed by atoms with Crippen molar-refractivity contribution in [3.63, 3.8) is 0 Å². The van der Waals surface area contributed by atoms with E-state index in [4.69, 9.17) is 4.74 Å². The Kier molecular flexibility index (Phi) is 5.26. The lowest BCUT2D eigenvalue weighted by Gasteiger charge is -2.08. The molecule has 1 aromatic carbocycles. The predicted molar refractivity (Wildman–Crippen MR) is 61.0 cm³/mol. The second kappa shape index (κ2) is 6.77. The third-order valence-corrected chi connectivity index (χ3v) is 2.26. The van der Waals surface area contributed by atoms with Crippen molar-refractivity contribution in [1.29, 1.82) is 0 Å². The molecule has 0 saturated carbocycles. The van der Waals surface area contributed by atoms with Crippen LogP contribution < -0.4 is 0 Å². The Bertz CT molecular complexity index is 335. The number of hydrogen-bond donors (Lipinski definition) is 0. The largest absolute Gasteiger partial charge is 0.462 e. The number of alkyl halides is 1. The first-order valence-corrected chi connectivity index (χ1v) is 5.18. The van der Waals surface area contributed by atoms with Gasteiger partial charge in [-0.15, -0.1) is 6.58 Å². The zero-order valence-corrected chi connectivity index (χ0v) is 9.06. The van der Waals surface area contributed by atoms with Crippen LogP contribution in [0, 0.1) is 5.92 Å². The van der Waals surface area contributed by atoms with Crippen LogP contribution in [0.25, 0.3) is 0 Å². The summed E-state index contributed by atoms with van der Waals surface area (Å²) in [7, 11) is 0. The fraction of sp³-hybridized carbons (Fsp3) is 0.308. The summed E-state index contributed by atoms with van der Waals surface area (Å²) in [5.74, 6) is -0.606. The molecule has 0 spiro atoms. The van der Waals surface area contributed by atoms with Gasteiger partial charge in [0.05, 0.1) is 18.8 Å². The summed E-state index contributed by atoms with van der Waals surface area (Å²) < 4.78 is 17.3. The van der Waals surface area contributed by atoms with Gasteiger partial charge >= 0.3 is 5.97 Å². The number of hydrogen-bond acceptors (Lipinski definition) is 2. The molecule has 2 nitrogen and oxygen atoms in total. The predicted octanol–water partition coefficient (Wildman–Crippen LogP) is 3.01. The van der Waals surface area contributed by atoms with Gasteiger partial charge in [-0.1, -0.05) is 24.3 Å². The third kappa shape index (κ3) is 3.85. The molecule has 0 unspecified atom stereocenters. The monoisotopic (exact) mass is 222 g/mol. The molecule has 0 bridgehead atoms. The second-order valence-electron chi connectivity index (χ2n) is 3.44. The van der Waals surface area contributed by atoms with E-state index in [1.54, 1.807) is 24.3 Å². The molecule has 0 aliphatic carbocycles. The van der Waals surface area contributed by atoms with Crippen molar-refractivity contribution < 1.29 is 13.9 Å². The Hall–Kier alpha value is -1.64. The number of carbonyl (C=O) groups is 1. The Morgan fingerprint density at radius 2 is 2.12 bits per heavy atom. The van der Waals surface area contributed by atoms with Crippen LogP contribution in [0.2, 0.25) is 0 Å². The molecule has 1 atom stereocenters. The van der Waals surface area contributed by atoms with Crippen molar-refractivity contribution in [3.8, 4) is 0 Å². The van der Waals surface area contributed by atoms with E-state index in [0.29, 0.717) is 12.0 Å². The van der Waals surface area contributed by atoms with Crippen LogP contribution in [0.3, 0.4) is 0 Å². The van der Waals surface area contributed by atoms with Crippen LogP contribution in [0.4, 0.5) is 4.39 Å². The topological polar surface area (TPSA) is 26.3 Å². The quantitative estimate of drug-likeness (QED) is 0.546. The van der Waals surface area contributed by atoms with Gasteiger partial charge in [0.15, 0.2) is 0 Å². The third-order valence-electron chi connectivity index (χ3n) is 2.26. The van der Waals surface area contributed by atoms with Crippen molar-refractivity contribution in [1.82, 2.24) is 0 Å². The van der Waals surface area contributed by atoms with Crippen molar-refractivity contribution in [2.24, 2.45) is 5.92 Å². The van der Waals surface area contributed by atoms with Gasteiger partial charge in [0, 0.05) is 5.92 Å². The highest BCUT2D eigenvalue weighted by atomic mass is 19.1. The molecular weight excluding hydrogens is 207 g/mol. The van der Waals surface area contributed by atoms with Gasteiger partial charge < -0.3 is 4.74 Å². The highest BCUT2D eigenvalue weighted by molar-refractivity contribution is 5.89. The SMILES string of the molecule is C=C[C@@H](CF)CCOC(=O)c1ccccc1. The van der Waals surface area contributed by atoms with Gasteiger partial charge in [0.1, 0.15) is 0 Å². The number of halogens is 1. The fourth-order valence-electron chi connectivity index (χ4n) is 1.22. The van der Waals surface area contributed by atoms with Crippen molar-refractivity contribution in [3.05, 3.63) is 48.6 Å². The summed E-state index contributed by atoms with van der Waals surface area (Å²) in [5, 5.41) is 0. The van der Waals surface area contributed by atoms with E-state index in [1.807, 2.05) is 6.07 Å². The average Bonchev–Trinajstić information content (AvgIpc) is 2.35. The summed E-state index contributed by atoms with van der Waals surface area (Å²) >= 11 is 0. The minimum absolute atomic E-state index is 0.217. The van der Waals surface area contributed by atoms with E-state index in [-0.39, 0.29) is 18.5 Å². The lowest BCUT2D eigenvalue weighted by Crippen LogP contribution is -2.10. The smallest absolute Gasteiger partial charge is 0.338 e. The Morgan fingerprint density at radius 3 is 2.69 bits per heavy atom. The van der Waals surface area contributed by atoms with E-state index in [0.717, 1.165) is 0 Å². The highest BCUT2D eigenvalue weighted by Gasteiger charge is 2.08. The molecule has 1 aromatic rings. The molecule has 0 N–H and O–H groups in total. The summed E-state index contributed by atoms with van der Waals surface area (Å²) in [4.78, 5) is 11.5. The molecular formula is C13H15FO2. The van der Waals surface area contributed by atoms with Gasteiger partial charge in [-0.25, -0.2) is 4.79 Å². The Balaban J connectivity index is 2.34. The minimum atomic E-state index is -0.466. The summed E-state index contributed by atoms with van der Waals surface area (Å²) in [6.07, 6.45) is 2.01. The van der Waals surface area contributed by atoms with Gasteiger partial charge in [-0.3, -0.25) is 4.39 Å². The molecule has 1 rings (SSSR count). The van der Waals surface area contributed by atoms with Crippen LogP contribution in [-0.2, 0) is 4.74 Å². The molecule has 0 heterocycles. The van der Waals surface area contributed by atoms with E-state index < -0.39 is 6.67 Å². The van der Waals surface area contributed by atoms with Gasteiger partial charge in [0.2, 0.25) is 0 Å². The van der Waals surface area contributed by atoms with Crippen molar-refractivity contribution >= 4 is 5.97 Å². The molecule has 0 aliphatic heterocycles. The number of ether oxygens (including phenoxy) is 1. The van der Waals surface area contributed by atoms with E-state index in [9.17, 15) is 9.18 Å². The van der Waals surface area contributed by atoms with Crippen LogP contribution in [0.1, 0.15) is 16.8 Å². The first kappa shape index (κ1) is 12.4. The Morgan fingerprint density at radius 1 is 1.44 bits per heavy atom. The standard InChI is InChI=1S/C13H15FO2/c1-2-11(10-14)8-9-16-13(15)12-6-4-3-5-7-12/h2-7,11H,1,8-10H2/t11-/m1/s1. The zero-order chi connectivity index (χ0) is 11.8. The number of carbonyl (C=O) groups excluding carboxylic acids is 1. The molecule has 0 aromatic heterocycles. The van der Waals surface area contributed by atoms with Crippen molar-refractivity contribution in [2.75, 3.05) is 13.3 Å². The molecule has 0 radical (unpaired) electrons. The van der Waals surface area contributed by atoms with Gasteiger partial charge in [-0.05, 0) is 18.6 Å². The number of benzene rings is 1. The lowest BCUT2D eigenvalue weighted by atomic mass is 10.1. The zero-order valence-electron chi connectivity index (χ0n) is 9.06. The van der Waals surface area contributed by atoms with Crippen LogP contribution in [0.5, 0.6) is 0 Å². The van der Waals surface area contributed by atoms with E-state index in [1.165, 1.54) is 6.08 Å². The fourth-order valence-corrected chi connectivity index (χ4v) is 1.22. The van der Waals surface area contributed by atoms with Crippen LogP contribution in [0.15, 0.2) is 43.0 Å². The van der Waals surface area contributed by atoms with Gasteiger partial charge in [0.25, 0.3) is 0 Å². The Labute approximate surface area is 94.7 Å². The first-order chi connectivity index (χ1) is 7.77. The number of rotatable bonds is 6. The number of allylic oxidation sites excluding steroid dienone is 1. The molecule has 0 amide bonds. The molecule has 0 aliphatic rings. The molecule has 3 heteroatoms. The average molecular weight is 222 g/mol. The molecule has 0 fully saturated rings. The van der Waals surface area contributed by atoms with Crippen LogP contribution in [-0.4, -0.2) is 19.3 Å². The summed E-state index contributed by atoms with van der Waals surface area (Å²) in [5.41, 5.74) is 0.512.